The fraction of sp³-hybridized carbons (Fsp3) is 0.375. The second-order valence-corrected chi connectivity index (χ2v) is 9.27. The number of carbonyl (C=O) groups is 3. The van der Waals surface area contributed by atoms with Crippen molar-refractivity contribution in [2.24, 2.45) is 0 Å². The molecule has 0 aromatic heterocycles. The summed E-state index contributed by atoms with van der Waals surface area (Å²) in [6.07, 6.45) is 2.43. The monoisotopic (exact) mass is 473 g/mol. The molecular formula is C24H25Cl2N3O3. The van der Waals surface area contributed by atoms with Crippen molar-refractivity contribution in [1.82, 2.24) is 10.2 Å². The van der Waals surface area contributed by atoms with Gasteiger partial charge in [0.25, 0.3) is 5.91 Å². The van der Waals surface area contributed by atoms with E-state index in [9.17, 15) is 14.4 Å². The number of rotatable bonds is 7. The number of hydrogen-bond donors (Lipinski definition) is 1. The number of benzene rings is 2. The van der Waals surface area contributed by atoms with Crippen LogP contribution in [0.2, 0.25) is 10.0 Å². The Balaban J connectivity index is 1.34. The quantitative estimate of drug-likeness (QED) is 0.646. The van der Waals surface area contributed by atoms with E-state index >= 15 is 0 Å². The van der Waals surface area contributed by atoms with Gasteiger partial charge in [0.05, 0.1) is 11.3 Å². The van der Waals surface area contributed by atoms with E-state index in [1.165, 1.54) is 0 Å². The molecule has 8 heteroatoms. The summed E-state index contributed by atoms with van der Waals surface area (Å²) in [5, 5.41) is 4.04. The number of halogens is 2. The summed E-state index contributed by atoms with van der Waals surface area (Å²) in [6.45, 7) is 2.82. The van der Waals surface area contributed by atoms with Crippen molar-refractivity contribution in [3.05, 3.63) is 63.6 Å². The second-order valence-electron chi connectivity index (χ2n) is 8.40. The molecule has 2 aromatic carbocycles. The smallest absolute Gasteiger partial charge is 0.257 e. The van der Waals surface area contributed by atoms with Gasteiger partial charge in [-0.25, -0.2) is 0 Å². The van der Waals surface area contributed by atoms with E-state index < -0.39 is 5.66 Å². The predicted molar refractivity (Wildman–Crippen MR) is 125 cm³/mol. The molecule has 1 unspecified atom stereocenters. The summed E-state index contributed by atoms with van der Waals surface area (Å²) in [5.41, 5.74) is 1.48. The number of hydrogen-bond acceptors (Lipinski definition) is 3. The summed E-state index contributed by atoms with van der Waals surface area (Å²) >= 11 is 12.0. The number of amides is 3. The number of nitrogens with one attached hydrogen (secondary N) is 1. The molecule has 1 saturated heterocycles. The predicted octanol–water partition coefficient (Wildman–Crippen LogP) is 4.43. The van der Waals surface area contributed by atoms with Crippen LogP contribution in [0.15, 0.2) is 42.5 Å². The standard InChI is InChI=1S/C24H25Cl2N3O3/c1-24-10-8-22(31)29(24)20-6-3-2-5-19(20)23(32)28(24)12-4-7-21(30)27-11-9-16-13-17(25)15-18(26)14-16/h2-3,5-6,13-15H,4,7-12H2,1H3,(H,27,30). The van der Waals surface area contributed by atoms with Gasteiger partial charge >= 0.3 is 0 Å². The van der Waals surface area contributed by atoms with Crippen LogP contribution in [-0.2, 0) is 16.0 Å². The molecule has 1 atom stereocenters. The van der Waals surface area contributed by atoms with E-state index in [1.54, 1.807) is 28.0 Å². The molecule has 1 N–H and O–H groups in total. The van der Waals surface area contributed by atoms with Crippen LogP contribution in [0, 0.1) is 0 Å². The van der Waals surface area contributed by atoms with Crippen molar-refractivity contribution in [1.29, 1.82) is 0 Å². The summed E-state index contributed by atoms with van der Waals surface area (Å²) in [4.78, 5) is 41.6. The van der Waals surface area contributed by atoms with E-state index in [-0.39, 0.29) is 17.7 Å². The van der Waals surface area contributed by atoms with Crippen LogP contribution < -0.4 is 10.2 Å². The highest BCUT2D eigenvalue weighted by Gasteiger charge is 2.52. The highest BCUT2D eigenvalue weighted by atomic mass is 35.5. The summed E-state index contributed by atoms with van der Waals surface area (Å²) in [5.74, 6) is -0.143. The molecule has 2 aromatic rings. The van der Waals surface area contributed by atoms with Crippen molar-refractivity contribution in [2.45, 2.75) is 44.7 Å². The summed E-state index contributed by atoms with van der Waals surface area (Å²) < 4.78 is 0. The highest BCUT2D eigenvalue weighted by Crippen LogP contribution is 2.44. The normalized spacial score (nSPS) is 19.7. The minimum atomic E-state index is -0.690. The Morgan fingerprint density at radius 3 is 2.59 bits per heavy atom. The SMILES string of the molecule is CC12CCC(=O)N1c1ccccc1C(=O)N2CCCC(=O)NCCc1cc(Cl)cc(Cl)c1. The lowest BCUT2D eigenvalue weighted by atomic mass is 9.98. The van der Waals surface area contributed by atoms with E-state index in [4.69, 9.17) is 23.2 Å². The van der Waals surface area contributed by atoms with E-state index in [0.29, 0.717) is 66.5 Å². The molecule has 0 aliphatic carbocycles. The number of anilines is 1. The maximum atomic E-state index is 13.2. The first kappa shape index (κ1) is 22.6. The van der Waals surface area contributed by atoms with Crippen LogP contribution in [0.4, 0.5) is 5.69 Å². The number of nitrogens with zero attached hydrogens (tertiary/aromatic N) is 2. The van der Waals surface area contributed by atoms with Crippen LogP contribution in [0.3, 0.4) is 0 Å². The van der Waals surface area contributed by atoms with Gasteiger partial charge in [0.15, 0.2) is 0 Å². The molecule has 32 heavy (non-hydrogen) atoms. The van der Waals surface area contributed by atoms with Crippen LogP contribution in [0.5, 0.6) is 0 Å². The van der Waals surface area contributed by atoms with Gasteiger partial charge in [-0.2, -0.15) is 0 Å². The van der Waals surface area contributed by atoms with E-state index in [0.717, 1.165) is 5.56 Å². The van der Waals surface area contributed by atoms with E-state index in [1.807, 2.05) is 31.2 Å². The van der Waals surface area contributed by atoms with Gasteiger partial charge in [0, 0.05) is 36.0 Å². The third-order valence-electron chi connectivity index (χ3n) is 6.19. The molecular weight excluding hydrogens is 449 g/mol. The molecule has 4 rings (SSSR count). The number of fused-ring (bicyclic) bond motifs is 3. The average molecular weight is 474 g/mol. The maximum absolute atomic E-state index is 13.2. The van der Waals surface area contributed by atoms with Gasteiger partial charge in [-0.1, -0.05) is 35.3 Å². The summed E-state index contributed by atoms with van der Waals surface area (Å²) in [6, 6.07) is 12.6. The fourth-order valence-electron chi connectivity index (χ4n) is 4.63. The minimum Gasteiger partial charge on any atom is -0.356 e. The molecule has 1 fully saturated rings. The van der Waals surface area contributed by atoms with Crippen molar-refractivity contribution in [3.63, 3.8) is 0 Å². The van der Waals surface area contributed by atoms with E-state index in [2.05, 4.69) is 5.32 Å². The van der Waals surface area contributed by atoms with Crippen LogP contribution in [0.25, 0.3) is 0 Å². The van der Waals surface area contributed by atoms with Crippen molar-refractivity contribution in [3.8, 4) is 0 Å². The molecule has 2 aliphatic heterocycles. The Bertz CT molecular complexity index is 1050. The Morgan fingerprint density at radius 2 is 1.84 bits per heavy atom. The zero-order valence-electron chi connectivity index (χ0n) is 17.9. The first-order valence-electron chi connectivity index (χ1n) is 10.8. The molecule has 0 bridgehead atoms. The number of carbonyl (C=O) groups excluding carboxylic acids is 3. The Morgan fingerprint density at radius 1 is 1.12 bits per heavy atom. The zero-order valence-corrected chi connectivity index (χ0v) is 19.4. The maximum Gasteiger partial charge on any atom is 0.257 e. The third kappa shape index (κ3) is 4.34. The Labute approximate surface area is 197 Å². The van der Waals surface area contributed by atoms with Crippen molar-refractivity contribution >= 4 is 46.6 Å². The molecule has 6 nitrogen and oxygen atoms in total. The van der Waals surface area contributed by atoms with Crippen LogP contribution in [-0.4, -0.2) is 41.4 Å². The summed E-state index contributed by atoms with van der Waals surface area (Å²) in [7, 11) is 0. The lowest BCUT2D eigenvalue weighted by Crippen LogP contribution is -2.62. The molecule has 0 saturated carbocycles. The molecule has 2 aliphatic rings. The number of para-hydroxylation sites is 1. The Hall–Kier alpha value is -2.57. The lowest BCUT2D eigenvalue weighted by molar-refractivity contribution is -0.121. The molecule has 0 radical (unpaired) electrons. The molecule has 168 valence electrons. The van der Waals surface area contributed by atoms with Crippen LogP contribution in [0.1, 0.15) is 48.5 Å². The van der Waals surface area contributed by atoms with Gasteiger partial charge in [-0.05, 0) is 62.1 Å². The lowest BCUT2D eigenvalue weighted by Gasteiger charge is -2.48. The Kier molecular flexibility index (Phi) is 6.45. The van der Waals surface area contributed by atoms with Gasteiger partial charge in [0.1, 0.15) is 5.66 Å². The first-order chi connectivity index (χ1) is 15.3. The molecule has 2 heterocycles. The van der Waals surface area contributed by atoms with Gasteiger partial charge in [-0.15, -0.1) is 0 Å². The molecule has 3 amide bonds. The largest absolute Gasteiger partial charge is 0.356 e. The zero-order chi connectivity index (χ0) is 22.9. The van der Waals surface area contributed by atoms with Crippen LogP contribution >= 0.6 is 23.2 Å². The molecule has 0 spiro atoms. The highest BCUT2D eigenvalue weighted by molar-refractivity contribution is 6.34. The van der Waals surface area contributed by atoms with Crippen molar-refractivity contribution < 1.29 is 14.4 Å². The minimum absolute atomic E-state index is 0.0244. The third-order valence-corrected chi connectivity index (χ3v) is 6.63. The van der Waals surface area contributed by atoms with Gasteiger partial charge in [0.2, 0.25) is 11.8 Å². The second kappa shape index (κ2) is 9.12. The topological polar surface area (TPSA) is 69.7 Å². The average Bonchev–Trinajstić information content (AvgIpc) is 3.05. The fourth-order valence-corrected chi connectivity index (χ4v) is 5.20. The van der Waals surface area contributed by atoms with Crippen molar-refractivity contribution in [2.75, 3.05) is 18.0 Å². The van der Waals surface area contributed by atoms with Gasteiger partial charge < -0.3 is 10.2 Å². The first-order valence-corrected chi connectivity index (χ1v) is 11.5. The van der Waals surface area contributed by atoms with Gasteiger partial charge in [-0.3, -0.25) is 19.3 Å².